The maximum atomic E-state index is 12.2. The van der Waals surface area contributed by atoms with E-state index in [1.165, 1.54) is 18.2 Å². The Labute approximate surface area is 137 Å². The maximum absolute atomic E-state index is 12.2. The van der Waals surface area contributed by atoms with Crippen LogP contribution < -0.4 is 15.4 Å². The van der Waals surface area contributed by atoms with Crippen LogP contribution in [0.25, 0.3) is 0 Å². The number of piperidine rings is 1. The average Bonchev–Trinajstić information content (AvgIpc) is 3.05. The zero-order valence-corrected chi connectivity index (χ0v) is 12.8. The molecule has 0 radical (unpaired) electrons. The third kappa shape index (κ3) is 4.05. The van der Waals surface area contributed by atoms with Crippen molar-refractivity contribution in [3.8, 4) is 5.75 Å². The predicted molar refractivity (Wildman–Crippen MR) is 82.2 cm³/mol. The van der Waals surface area contributed by atoms with Crippen molar-refractivity contribution in [3.63, 3.8) is 0 Å². The molecule has 128 valence electrons. The molecule has 2 N–H and O–H groups in total. The molecule has 1 aromatic heterocycles. The molecule has 1 saturated heterocycles. The minimum Gasteiger partial charge on any atom is -0.435 e. The third-order valence-corrected chi connectivity index (χ3v) is 3.74. The molecule has 1 fully saturated rings. The Kier molecular flexibility index (Phi) is 4.99. The van der Waals surface area contributed by atoms with Crippen LogP contribution in [-0.4, -0.2) is 40.6 Å². The van der Waals surface area contributed by atoms with Crippen LogP contribution in [0, 0.1) is 0 Å². The van der Waals surface area contributed by atoms with Gasteiger partial charge in [0.15, 0.2) is 5.69 Å². The van der Waals surface area contributed by atoms with Crippen LogP contribution in [0.1, 0.15) is 29.4 Å². The molecule has 0 aliphatic carbocycles. The summed E-state index contributed by atoms with van der Waals surface area (Å²) in [5.41, 5.74) is 0.517. The topological polar surface area (TPSA) is 81.1 Å². The summed E-state index contributed by atoms with van der Waals surface area (Å²) < 4.78 is 30.5. The summed E-state index contributed by atoms with van der Waals surface area (Å²) in [6, 6.07) is 6.02. The molecule has 2 aromatic rings. The van der Waals surface area contributed by atoms with Gasteiger partial charge in [-0.15, -0.1) is 5.10 Å². The Morgan fingerprint density at radius 2 is 2.17 bits per heavy atom. The van der Waals surface area contributed by atoms with Gasteiger partial charge >= 0.3 is 6.61 Å². The average molecular weight is 337 g/mol. The Morgan fingerprint density at radius 1 is 1.38 bits per heavy atom. The van der Waals surface area contributed by atoms with Gasteiger partial charge in [-0.05, 0) is 38.1 Å². The summed E-state index contributed by atoms with van der Waals surface area (Å²) in [6.07, 6.45) is 3.46. The van der Waals surface area contributed by atoms with Crippen molar-refractivity contribution < 1.29 is 18.3 Å². The van der Waals surface area contributed by atoms with E-state index in [1.54, 1.807) is 16.9 Å². The number of ether oxygens (including phenoxy) is 1. The lowest BCUT2D eigenvalue weighted by molar-refractivity contribution is -0.0497. The summed E-state index contributed by atoms with van der Waals surface area (Å²) in [4.78, 5) is 12.2. The van der Waals surface area contributed by atoms with E-state index in [-0.39, 0.29) is 17.5 Å². The molecule has 1 amide bonds. The Morgan fingerprint density at radius 3 is 2.92 bits per heavy atom. The van der Waals surface area contributed by atoms with E-state index in [0.717, 1.165) is 25.9 Å². The zero-order valence-electron chi connectivity index (χ0n) is 12.8. The number of hydrogen-bond acceptors (Lipinski definition) is 5. The molecule has 9 heteroatoms. The fraction of sp³-hybridized carbons (Fsp3) is 0.400. The Balaban J connectivity index is 1.65. The first-order chi connectivity index (χ1) is 11.6. The van der Waals surface area contributed by atoms with Gasteiger partial charge in [-0.3, -0.25) is 4.79 Å². The molecular formula is C15H17F2N5O2. The van der Waals surface area contributed by atoms with Crippen LogP contribution in [0.3, 0.4) is 0 Å². The molecule has 2 heterocycles. The van der Waals surface area contributed by atoms with Gasteiger partial charge in [0.25, 0.3) is 5.91 Å². The summed E-state index contributed by atoms with van der Waals surface area (Å²) in [7, 11) is 0. The van der Waals surface area contributed by atoms with Crippen LogP contribution in [-0.2, 0) is 0 Å². The lowest BCUT2D eigenvalue weighted by Crippen LogP contribution is -2.29. The van der Waals surface area contributed by atoms with Crippen molar-refractivity contribution in [1.29, 1.82) is 0 Å². The van der Waals surface area contributed by atoms with Gasteiger partial charge in [0, 0.05) is 11.8 Å². The van der Waals surface area contributed by atoms with E-state index in [4.69, 9.17) is 0 Å². The van der Waals surface area contributed by atoms with Gasteiger partial charge < -0.3 is 15.4 Å². The Hall–Kier alpha value is -2.55. The predicted octanol–water partition coefficient (Wildman–Crippen LogP) is 2.06. The van der Waals surface area contributed by atoms with E-state index in [9.17, 15) is 13.6 Å². The molecule has 1 aliphatic heterocycles. The van der Waals surface area contributed by atoms with Crippen LogP contribution in [0.15, 0.2) is 30.5 Å². The SMILES string of the molecule is O=C(Nc1cccc(OC(F)F)c1)c1cn(C2CCNCC2)nn1. The first-order valence-corrected chi connectivity index (χ1v) is 7.60. The number of hydrogen-bond donors (Lipinski definition) is 2. The number of rotatable bonds is 5. The van der Waals surface area contributed by atoms with Gasteiger partial charge in [-0.2, -0.15) is 8.78 Å². The highest BCUT2D eigenvalue weighted by molar-refractivity contribution is 6.02. The van der Waals surface area contributed by atoms with Gasteiger partial charge in [-0.25, -0.2) is 4.68 Å². The zero-order chi connectivity index (χ0) is 16.9. The van der Waals surface area contributed by atoms with Gasteiger partial charge in [0.2, 0.25) is 0 Å². The highest BCUT2D eigenvalue weighted by atomic mass is 19.3. The number of carbonyl (C=O) groups excluding carboxylic acids is 1. The third-order valence-electron chi connectivity index (χ3n) is 3.74. The minimum atomic E-state index is -2.92. The first-order valence-electron chi connectivity index (χ1n) is 7.60. The number of alkyl halides is 2. The highest BCUT2D eigenvalue weighted by Crippen LogP contribution is 2.20. The molecule has 1 aliphatic rings. The monoisotopic (exact) mass is 337 g/mol. The van der Waals surface area contributed by atoms with Crippen molar-refractivity contribution in [2.24, 2.45) is 0 Å². The molecule has 1 aromatic carbocycles. The standard InChI is InChI=1S/C15H17F2N5O2/c16-15(17)24-12-3-1-2-10(8-12)19-14(23)13-9-22(21-20-13)11-4-6-18-7-5-11/h1-3,8-9,11,15,18H,4-7H2,(H,19,23). The quantitative estimate of drug-likeness (QED) is 0.873. The first kappa shape index (κ1) is 16.3. The molecule has 7 nitrogen and oxygen atoms in total. The number of anilines is 1. The number of halogens is 2. The summed E-state index contributed by atoms with van der Waals surface area (Å²) >= 11 is 0. The fourth-order valence-electron chi connectivity index (χ4n) is 2.58. The largest absolute Gasteiger partial charge is 0.435 e. The van der Waals surface area contributed by atoms with E-state index in [0.29, 0.717) is 5.69 Å². The molecule has 0 unspecified atom stereocenters. The summed E-state index contributed by atoms with van der Waals surface area (Å²) in [5.74, 6) is -0.481. The van der Waals surface area contributed by atoms with Crippen molar-refractivity contribution in [2.75, 3.05) is 18.4 Å². The molecule has 0 spiro atoms. The molecule has 0 atom stereocenters. The smallest absolute Gasteiger partial charge is 0.387 e. The second-order valence-electron chi connectivity index (χ2n) is 5.43. The minimum absolute atomic E-state index is 0.0267. The number of carbonyl (C=O) groups is 1. The Bertz CT molecular complexity index is 701. The van der Waals surface area contributed by atoms with Gasteiger partial charge in [0.1, 0.15) is 5.75 Å². The molecule has 0 bridgehead atoms. The van der Waals surface area contributed by atoms with Gasteiger partial charge in [-0.1, -0.05) is 11.3 Å². The normalized spacial score (nSPS) is 15.5. The number of nitrogens with zero attached hydrogens (tertiary/aromatic N) is 3. The van der Waals surface area contributed by atoms with E-state index in [2.05, 4.69) is 25.7 Å². The van der Waals surface area contributed by atoms with Crippen molar-refractivity contribution in [3.05, 3.63) is 36.2 Å². The lowest BCUT2D eigenvalue weighted by Gasteiger charge is -2.22. The number of nitrogens with one attached hydrogen (secondary N) is 2. The van der Waals surface area contributed by atoms with Crippen molar-refractivity contribution >= 4 is 11.6 Å². The van der Waals surface area contributed by atoms with Crippen LogP contribution in [0.2, 0.25) is 0 Å². The molecule has 3 rings (SSSR count). The van der Waals surface area contributed by atoms with Gasteiger partial charge in [0.05, 0.1) is 12.2 Å². The number of amides is 1. The fourth-order valence-corrected chi connectivity index (χ4v) is 2.58. The summed E-state index contributed by atoms with van der Waals surface area (Å²) in [5, 5.41) is 13.8. The lowest BCUT2D eigenvalue weighted by atomic mass is 10.1. The molecular weight excluding hydrogens is 320 g/mol. The second-order valence-corrected chi connectivity index (χ2v) is 5.43. The van der Waals surface area contributed by atoms with Crippen molar-refractivity contribution in [1.82, 2.24) is 20.3 Å². The second kappa shape index (κ2) is 7.35. The maximum Gasteiger partial charge on any atom is 0.387 e. The molecule has 24 heavy (non-hydrogen) atoms. The van der Waals surface area contributed by atoms with E-state index >= 15 is 0 Å². The molecule has 0 saturated carbocycles. The van der Waals surface area contributed by atoms with E-state index < -0.39 is 12.5 Å². The van der Waals surface area contributed by atoms with E-state index in [1.807, 2.05) is 0 Å². The summed E-state index contributed by atoms with van der Waals surface area (Å²) in [6.45, 7) is -1.10. The highest BCUT2D eigenvalue weighted by Gasteiger charge is 2.19. The van der Waals surface area contributed by atoms with Crippen LogP contribution in [0.5, 0.6) is 5.75 Å². The van der Waals surface area contributed by atoms with Crippen LogP contribution >= 0.6 is 0 Å². The number of aromatic nitrogens is 3. The van der Waals surface area contributed by atoms with Crippen LogP contribution in [0.4, 0.5) is 14.5 Å². The number of benzene rings is 1. The van der Waals surface area contributed by atoms with Crippen molar-refractivity contribution in [2.45, 2.75) is 25.5 Å².